The van der Waals surface area contributed by atoms with E-state index in [2.05, 4.69) is 5.32 Å². The molecule has 0 radical (unpaired) electrons. The summed E-state index contributed by atoms with van der Waals surface area (Å²) in [5, 5.41) is 2.29. The molecular weight excluding hydrogens is 258 g/mol. The first-order chi connectivity index (χ1) is 8.34. The minimum Gasteiger partial charge on any atom is -0.351 e. The van der Waals surface area contributed by atoms with Crippen LogP contribution in [0.5, 0.6) is 0 Å². The van der Waals surface area contributed by atoms with Gasteiger partial charge in [0.05, 0.1) is 5.75 Å². The fourth-order valence-electron chi connectivity index (χ4n) is 1.15. The number of nitrogens with two attached hydrogens (primary N) is 1. The number of rotatable bonds is 4. The van der Waals surface area contributed by atoms with Gasteiger partial charge < -0.3 is 11.1 Å². The van der Waals surface area contributed by atoms with Crippen LogP contribution in [0.15, 0.2) is 24.3 Å². The average Bonchev–Trinajstić information content (AvgIpc) is 2.28. The third kappa shape index (κ3) is 4.06. The zero-order chi connectivity index (χ0) is 13.8. The van der Waals surface area contributed by atoms with Gasteiger partial charge in [-0.2, -0.15) is 0 Å². The Balaban J connectivity index is 2.90. The van der Waals surface area contributed by atoms with Crippen molar-refractivity contribution in [2.75, 3.05) is 11.1 Å². The van der Waals surface area contributed by atoms with Crippen molar-refractivity contribution >= 4 is 27.6 Å². The molecule has 0 saturated carbocycles. The summed E-state index contributed by atoms with van der Waals surface area (Å²) in [7, 11) is -3.61. The Morgan fingerprint density at radius 2 is 2.00 bits per heavy atom. The van der Waals surface area contributed by atoms with Gasteiger partial charge in [-0.25, -0.2) is 17.9 Å². The third-order valence-electron chi connectivity index (χ3n) is 2.02. The minimum absolute atomic E-state index is 0.110. The highest BCUT2D eigenvalue weighted by Crippen LogP contribution is 2.10. The SMILES string of the molecule is CCS(=O)(=O)NC(=O)c1cccc(NC(N)=O)c1. The molecule has 4 N–H and O–H groups in total. The molecule has 1 rings (SSSR count). The zero-order valence-corrected chi connectivity index (χ0v) is 10.5. The first kappa shape index (κ1) is 14.0. The number of hydrogen-bond acceptors (Lipinski definition) is 4. The fraction of sp³-hybridized carbons (Fsp3) is 0.200. The van der Waals surface area contributed by atoms with Gasteiger partial charge in [-0.15, -0.1) is 0 Å². The van der Waals surface area contributed by atoms with Crippen molar-refractivity contribution in [2.24, 2.45) is 5.73 Å². The lowest BCUT2D eigenvalue weighted by atomic mass is 10.2. The van der Waals surface area contributed by atoms with E-state index >= 15 is 0 Å². The van der Waals surface area contributed by atoms with Gasteiger partial charge in [0.1, 0.15) is 0 Å². The number of amides is 3. The van der Waals surface area contributed by atoms with E-state index in [9.17, 15) is 18.0 Å². The van der Waals surface area contributed by atoms with Gasteiger partial charge in [0.15, 0.2) is 0 Å². The van der Waals surface area contributed by atoms with Gasteiger partial charge in [0.2, 0.25) is 10.0 Å². The lowest BCUT2D eigenvalue weighted by molar-refractivity contribution is 0.0981. The maximum absolute atomic E-state index is 11.6. The molecule has 0 aliphatic heterocycles. The summed E-state index contributed by atoms with van der Waals surface area (Å²) in [6.07, 6.45) is 0. The fourth-order valence-corrected chi connectivity index (χ4v) is 1.70. The second-order valence-electron chi connectivity index (χ2n) is 3.40. The third-order valence-corrected chi connectivity index (χ3v) is 3.28. The van der Waals surface area contributed by atoms with Crippen molar-refractivity contribution in [1.82, 2.24) is 4.72 Å². The molecule has 0 bridgehead atoms. The molecule has 0 fully saturated rings. The first-order valence-electron chi connectivity index (χ1n) is 5.05. The Kier molecular flexibility index (Phi) is 4.27. The summed E-state index contributed by atoms with van der Waals surface area (Å²) >= 11 is 0. The topological polar surface area (TPSA) is 118 Å². The number of benzene rings is 1. The zero-order valence-electron chi connectivity index (χ0n) is 9.64. The van der Waals surface area contributed by atoms with Crippen molar-refractivity contribution in [1.29, 1.82) is 0 Å². The molecule has 8 heteroatoms. The molecule has 1 aromatic rings. The summed E-state index contributed by atoms with van der Waals surface area (Å²) in [4.78, 5) is 22.3. The van der Waals surface area contributed by atoms with Gasteiger partial charge in [0.25, 0.3) is 5.91 Å². The van der Waals surface area contributed by atoms with Crippen molar-refractivity contribution in [3.8, 4) is 0 Å². The van der Waals surface area contributed by atoms with Gasteiger partial charge in [0, 0.05) is 11.3 Å². The predicted octanol–water partition coefficient (Wildman–Crippen LogP) is 0.257. The van der Waals surface area contributed by atoms with E-state index in [1.165, 1.54) is 31.2 Å². The molecule has 0 spiro atoms. The molecule has 0 saturated heterocycles. The molecule has 3 amide bonds. The lowest BCUT2D eigenvalue weighted by Crippen LogP contribution is -2.31. The molecule has 0 aliphatic carbocycles. The second kappa shape index (κ2) is 5.50. The first-order valence-corrected chi connectivity index (χ1v) is 6.70. The molecule has 98 valence electrons. The van der Waals surface area contributed by atoms with Crippen LogP contribution < -0.4 is 15.8 Å². The number of sulfonamides is 1. The molecule has 0 heterocycles. The van der Waals surface area contributed by atoms with Crippen molar-refractivity contribution in [2.45, 2.75) is 6.92 Å². The number of carbonyl (C=O) groups is 2. The van der Waals surface area contributed by atoms with Crippen LogP contribution in [0.25, 0.3) is 0 Å². The Hall–Kier alpha value is -2.09. The second-order valence-corrected chi connectivity index (χ2v) is 5.42. The summed E-state index contributed by atoms with van der Waals surface area (Å²) in [5.41, 5.74) is 5.35. The van der Waals surface area contributed by atoms with Crippen LogP contribution in [-0.2, 0) is 10.0 Å². The summed E-state index contributed by atoms with van der Waals surface area (Å²) < 4.78 is 24.3. The predicted molar refractivity (Wildman–Crippen MR) is 66.6 cm³/mol. The Morgan fingerprint density at radius 3 is 2.56 bits per heavy atom. The number of carbonyl (C=O) groups excluding carboxylic acids is 2. The highest BCUT2D eigenvalue weighted by atomic mass is 32.2. The van der Waals surface area contributed by atoms with Gasteiger partial charge in [-0.05, 0) is 25.1 Å². The minimum atomic E-state index is -3.61. The van der Waals surface area contributed by atoms with Crippen LogP contribution in [0.4, 0.5) is 10.5 Å². The van der Waals surface area contributed by atoms with E-state index < -0.39 is 22.0 Å². The molecule has 0 aromatic heterocycles. The summed E-state index contributed by atoms with van der Waals surface area (Å²) in [6.45, 7) is 1.42. The average molecular weight is 271 g/mol. The molecule has 0 unspecified atom stereocenters. The Morgan fingerprint density at radius 1 is 1.33 bits per heavy atom. The maximum Gasteiger partial charge on any atom is 0.316 e. The number of anilines is 1. The standard InChI is InChI=1S/C10H13N3O4S/c1-2-18(16,17)13-9(14)7-4-3-5-8(6-7)12-10(11)15/h3-6H,2H2,1H3,(H,13,14)(H3,11,12,15). The monoisotopic (exact) mass is 271 g/mol. The molecule has 1 aromatic carbocycles. The maximum atomic E-state index is 11.6. The molecule has 7 nitrogen and oxygen atoms in total. The van der Waals surface area contributed by atoms with Crippen molar-refractivity contribution in [3.05, 3.63) is 29.8 Å². The van der Waals surface area contributed by atoms with Gasteiger partial charge >= 0.3 is 6.03 Å². The largest absolute Gasteiger partial charge is 0.351 e. The number of nitrogens with one attached hydrogen (secondary N) is 2. The molecule has 18 heavy (non-hydrogen) atoms. The molecule has 0 atom stereocenters. The van der Waals surface area contributed by atoms with E-state index in [1.807, 2.05) is 4.72 Å². The number of urea groups is 1. The smallest absolute Gasteiger partial charge is 0.316 e. The van der Waals surface area contributed by atoms with Crippen molar-refractivity contribution in [3.63, 3.8) is 0 Å². The van der Waals surface area contributed by atoms with Crippen LogP contribution in [0.3, 0.4) is 0 Å². The highest BCUT2D eigenvalue weighted by Gasteiger charge is 2.14. The van der Waals surface area contributed by atoms with Crippen molar-refractivity contribution < 1.29 is 18.0 Å². The number of hydrogen-bond donors (Lipinski definition) is 3. The Bertz CT molecular complexity index is 568. The molecule has 0 aliphatic rings. The van der Waals surface area contributed by atoms with Crippen LogP contribution in [-0.4, -0.2) is 26.1 Å². The van der Waals surface area contributed by atoms with Gasteiger partial charge in [-0.1, -0.05) is 6.07 Å². The highest BCUT2D eigenvalue weighted by molar-refractivity contribution is 7.90. The number of primary amides is 1. The van der Waals surface area contributed by atoms with E-state index in [0.717, 1.165) is 0 Å². The van der Waals surface area contributed by atoms with E-state index in [0.29, 0.717) is 5.69 Å². The van der Waals surface area contributed by atoms with Crippen LogP contribution in [0, 0.1) is 0 Å². The molecular formula is C10H13N3O4S. The van der Waals surface area contributed by atoms with E-state index in [1.54, 1.807) is 0 Å². The lowest BCUT2D eigenvalue weighted by Gasteiger charge is -2.06. The normalized spacial score (nSPS) is 10.7. The summed E-state index contributed by atoms with van der Waals surface area (Å²) in [5.74, 6) is -0.956. The van der Waals surface area contributed by atoms with Crippen LogP contribution in [0.1, 0.15) is 17.3 Å². The Labute approximate surface area is 104 Å². The summed E-state index contributed by atoms with van der Waals surface area (Å²) in [6, 6.07) is 5.00. The van der Waals surface area contributed by atoms with Crippen LogP contribution in [0.2, 0.25) is 0 Å². The van der Waals surface area contributed by atoms with Gasteiger partial charge in [-0.3, -0.25) is 4.79 Å². The van der Waals surface area contributed by atoms with E-state index in [4.69, 9.17) is 5.73 Å². The quantitative estimate of drug-likeness (QED) is 0.727. The van der Waals surface area contributed by atoms with E-state index in [-0.39, 0.29) is 11.3 Å². The van der Waals surface area contributed by atoms with Crippen LogP contribution >= 0.6 is 0 Å².